The van der Waals surface area contributed by atoms with Crippen LogP contribution in [0.1, 0.15) is 0 Å². The third-order valence-corrected chi connectivity index (χ3v) is 0.957. The molecule has 1 aliphatic rings. The van der Waals surface area contributed by atoms with Crippen LogP contribution in [0.15, 0.2) is 0 Å². The van der Waals surface area contributed by atoms with Gasteiger partial charge in [0.05, 0.1) is 0 Å². The Hall–Kier alpha value is 0.710. The topological polar surface area (TPSA) is 24.1 Å². The summed E-state index contributed by atoms with van der Waals surface area (Å²) in [4.78, 5) is 0. The number of nitrogens with one attached hydrogen (secondary N) is 2. The fraction of sp³-hybridized carbons (Fsp3) is 1.00. The predicted octanol–water partition coefficient (Wildman–Crippen LogP) is -1.74. The fourth-order valence-electron chi connectivity index (χ4n) is 0.604. The summed E-state index contributed by atoms with van der Waals surface area (Å²) in [5.74, 6) is 0. The van der Waals surface area contributed by atoms with Gasteiger partial charge in [0.2, 0.25) is 0 Å². The average molecular weight is 216 g/mol. The standard InChI is InChI=1S/C4H10N2.H2Te/c1-2-6-4-3-5-1;/h5-6H,1-4H2;1H2. The molecule has 1 aliphatic heterocycles. The van der Waals surface area contributed by atoms with E-state index in [1.165, 1.54) is 0 Å². The number of hydrogen-bond donors (Lipinski definition) is 2. The average Bonchev–Trinajstić information content (AvgIpc) is 1.72. The van der Waals surface area contributed by atoms with E-state index in [0.717, 1.165) is 26.2 Å². The van der Waals surface area contributed by atoms with Crippen LogP contribution in [0, 0.1) is 0 Å². The van der Waals surface area contributed by atoms with E-state index in [2.05, 4.69) is 10.6 Å². The summed E-state index contributed by atoms with van der Waals surface area (Å²) in [7, 11) is 0. The summed E-state index contributed by atoms with van der Waals surface area (Å²) in [6.07, 6.45) is 0. The van der Waals surface area contributed by atoms with Crippen molar-refractivity contribution in [3.05, 3.63) is 0 Å². The van der Waals surface area contributed by atoms with E-state index in [9.17, 15) is 0 Å². The van der Waals surface area contributed by atoms with Crippen LogP contribution >= 0.6 is 0 Å². The molecule has 0 bridgehead atoms. The minimum absolute atomic E-state index is 0. The van der Waals surface area contributed by atoms with Gasteiger partial charge >= 0.3 is 23.7 Å². The Labute approximate surface area is 60.8 Å². The summed E-state index contributed by atoms with van der Waals surface area (Å²) >= 11 is 0. The van der Waals surface area contributed by atoms with Crippen molar-refractivity contribution < 1.29 is 0 Å². The van der Waals surface area contributed by atoms with Crippen molar-refractivity contribution >= 4 is 23.7 Å². The molecule has 1 rings (SSSR count). The molecule has 3 heteroatoms. The molecule has 0 aromatic heterocycles. The monoisotopic (exact) mass is 218 g/mol. The van der Waals surface area contributed by atoms with Crippen molar-refractivity contribution in [1.29, 1.82) is 0 Å². The second kappa shape index (κ2) is 4.86. The Morgan fingerprint density at radius 2 is 1.00 bits per heavy atom. The molecule has 2 N–H and O–H groups in total. The summed E-state index contributed by atoms with van der Waals surface area (Å²) in [5, 5.41) is 6.44. The fourth-order valence-corrected chi connectivity index (χ4v) is 0.604. The van der Waals surface area contributed by atoms with Gasteiger partial charge in [-0.05, 0) is 0 Å². The van der Waals surface area contributed by atoms with Gasteiger partial charge in [-0.3, -0.25) is 0 Å². The zero-order valence-corrected chi connectivity index (χ0v) is 7.18. The summed E-state index contributed by atoms with van der Waals surface area (Å²) in [6.45, 7) is 4.56. The first-order valence-corrected chi connectivity index (χ1v) is 2.41. The van der Waals surface area contributed by atoms with Gasteiger partial charge in [-0.25, -0.2) is 0 Å². The molecule has 1 fully saturated rings. The van der Waals surface area contributed by atoms with Gasteiger partial charge in [-0.15, -0.1) is 0 Å². The molecule has 1 saturated heterocycles. The predicted molar refractivity (Wildman–Crippen MR) is 34.3 cm³/mol. The second-order valence-electron chi connectivity index (χ2n) is 1.50. The third kappa shape index (κ3) is 3.31. The Bertz CT molecular complexity index is 25.2. The van der Waals surface area contributed by atoms with E-state index in [1.54, 1.807) is 0 Å². The first-order chi connectivity index (χ1) is 3.00. The Morgan fingerprint density at radius 1 is 0.714 bits per heavy atom. The van der Waals surface area contributed by atoms with Gasteiger partial charge in [0.25, 0.3) is 0 Å². The van der Waals surface area contributed by atoms with Gasteiger partial charge in [0.1, 0.15) is 0 Å². The van der Waals surface area contributed by atoms with Crippen LogP contribution in [-0.2, 0) is 0 Å². The van der Waals surface area contributed by atoms with Gasteiger partial charge < -0.3 is 10.6 Å². The molecule has 0 atom stereocenters. The Balaban J connectivity index is 0.000000360. The molecule has 1 heterocycles. The van der Waals surface area contributed by atoms with Crippen LogP contribution in [0.25, 0.3) is 0 Å². The van der Waals surface area contributed by atoms with Crippen molar-refractivity contribution in [2.75, 3.05) is 26.2 Å². The minimum atomic E-state index is 0. The van der Waals surface area contributed by atoms with Crippen LogP contribution in [0.2, 0.25) is 0 Å². The molecule has 0 aliphatic carbocycles. The SMILES string of the molecule is C1CNCCN1.[TeH2]. The number of rotatable bonds is 0. The van der Waals surface area contributed by atoms with Gasteiger partial charge in [0.15, 0.2) is 0 Å². The van der Waals surface area contributed by atoms with E-state index < -0.39 is 0 Å². The van der Waals surface area contributed by atoms with E-state index in [0.29, 0.717) is 0 Å². The molecule has 0 aromatic rings. The van der Waals surface area contributed by atoms with Crippen molar-refractivity contribution in [1.82, 2.24) is 10.6 Å². The van der Waals surface area contributed by atoms with Crippen LogP contribution in [0.3, 0.4) is 0 Å². The first-order valence-electron chi connectivity index (χ1n) is 2.41. The van der Waals surface area contributed by atoms with Gasteiger partial charge in [0, 0.05) is 26.2 Å². The summed E-state index contributed by atoms with van der Waals surface area (Å²) in [5.41, 5.74) is 0. The molecule has 0 spiro atoms. The summed E-state index contributed by atoms with van der Waals surface area (Å²) < 4.78 is 0. The van der Waals surface area contributed by atoms with E-state index in [1.807, 2.05) is 0 Å². The normalized spacial score (nSPS) is 20.6. The van der Waals surface area contributed by atoms with Crippen LogP contribution in [-0.4, -0.2) is 49.8 Å². The molecule has 0 unspecified atom stereocenters. The van der Waals surface area contributed by atoms with E-state index >= 15 is 0 Å². The molecule has 0 saturated carbocycles. The molecule has 0 amide bonds. The van der Waals surface area contributed by atoms with Crippen molar-refractivity contribution in [3.8, 4) is 0 Å². The molecule has 0 radical (unpaired) electrons. The van der Waals surface area contributed by atoms with E-state index in [4.69, 9.17) is 0 Å². The third-order valence-electron chi connectivity index (χ3n) is 0.957. The first kappa shape index (κ1) is 7.71. The second-order valence-corrected chi connectivity index (χ2v) is 1.50. The van der Waals surface area contributed by atoms with Crippen LogP contribution in [0.5, 0.6) is 0 Å². The van der Waals surface area contributed by atoms with Gasteiger partial charge in [-0.1, -0.05) is 0 Å². The molecule has 44 valence electrons. The Kier molecular flexibility index (Phi) is 5.35. The summed E-state index contributed by atoms with van der Waals surface area (Å²) in [6, 6.07) is 0. The molecule has 7 heavy (non-hydrogen) atoms. The van der Waals surface area contributed by atoms with Crippen LogP contribution in [0.4, 0.5) is 0 Å². The van der Waals surface area contributed by atoms with E-state index in [-0.39, 0.29) is 23.7 Å². The van der Waals surface area contributed by atoms with Crippen LogP contribution < -0.4 is 10.6 Å². The van der Waals surface area contributed by atoms with Crippen molar-refractivity contribution in [2.24, 2.45) is 0 Å². The number of piperazine rings is 1. The molecular formula is C4H12N2Te. The zero-order chi connectivity index (χ0) is 4.24. The quantitative estimate of drug-likeness (QED) is 0.469. The molecule has 0 aromatic carbocycles. The van der Waals surface area contributed by atoms with Crippen molar-refractivity contribution in [3.63, 3.8) is 0 Å². The molecular weight excluding hydrogens is 204 g/mol. The molecule has 2 nitrogen and oxygen atoms in total. The zero-order valence-electron chi connectivity index (χ0n) is 4.33. The maximum atomic E-state index is 3.22. The Morgan fingerprint density at radius 3 is 1.14 bits per heavy atom. The van der Waals surface area contributed by atoms with Crippen molar-refractivity contribution in [2.45, 2.75) is 0 Å². The number of hydrogen-bond acceptors (Lipinski definition) is 2. The van der Waals surface area contributed by atoms with Gasteiger partial charge in [-0.2, -0.15) is 0 Å². The maximum absolute atomic E-state index is 3.22.